The Kier molecular flexibility index (Phi) is 5.02. The Morgan fingerprint density at radius 2 is 2.00 bits per heavy atom. The molecule has 2 aromatic rings. The Balaban J connectivity index is 1.61. The lowest BCUT2D eigenvalue weighted by atomic mass is 9.79. The monoisotopic (exact) mass is 339 g/mol. The predicted molar refractivity (Wildman–Crippen MR) is 96.3 cm³/mol. The molecule has 132 valence electrons. The smallest absolute Gasteiger partial charge is 0.225 e. The van der Waals surface area contributed by atoms with Crippen LogP contribution in [-0.2, 0) is 17.8 Å². The van der Waals surface area contributed by atoms with Gasteiger partial charge in [0.2, 0.25) is 5.91 Å². The summed E-state index contributed by atoms with van der Waals surface area (Å²) in [5, 5.41) is 7.33. The highest BCUT2D eigenvalue weighted by Crippen LogP contribution is 2.27. The van der Waals surface area contributed by atoms with Gasteiger partial charge in [-0.1, -0.05) is 44.2 Å². The average molecular weight is 339 g/mol. The highest BCUT2D eigenvalue weighted by atomic mass is 16.2. The Morgan fingerprint density at radius 1 is 1.28 bits per heavy atom. The molecule has 0 aliphatic carbocycles. The summed E-state index contributed by atoms with van der Waals surface area (Å²) < 4.78 is 1.89. The number of nitrogens with one attached hydrogen (secondary N) is 1. The molecule has 0 spiro atoms. The van der Waals surface area contributed by atoms with Crippen LogP contribution >= 0.6 is 0 Å². The van der Waals surface area contributed by atoms with Gasteiger partial charge < -0.3 is 5.32 Å². The van der Waals surface area contributed by atoms with Crippen LogP contribution in [0.5, 0.6) is 0 Å². The van der Waals surface area contributed by atoms with Gasteiger partial charge in [0, 0.05) is 24.7 Å². The van der Waals surface area contributed by atoms with Crippen molar-refractivity contribution in [1.82, 2.24) is 15.1 Å². The van der Waals surface area contributed by atoms with Crippen LogP contribution in [0.15, 0.2) is 36.4 Å². The van der Waals surface area contributed by atoms with E-state index < -0.39 is 0 Å². The number of aromatic nitrogens is 2. The summed E-state index contributed by atoms with van der Waals surface area (Å²) in [7, 11) is 0. The van der Waals surface area contributed by atoms with Gasteiger partial charge in [-0.15, -0.1) is 0 Å². The molecule has 5 heteroatoms. The van der Waals surface area contributed by atoms with Crippen molar-refractivity contribution in [3.05, 3.63) is 53.3 Å². The van der Waals surface area contributed by atoms with Crippen molar-refractivity contribution in [2.45, 2.75) is 46.2 Å². The van der Waals surface area contributed by atoms with Crippen LogP contribution in [0.2, 0.25) is 0 Å². The first-order chi connectivity index (χ1) is 12.0. The Morgan fingerprint density at radius 3 is 2.64 bits per heavy atom. The zero-order chi connectivity index (χ0) is 18.0. The predicted octanol–water partition coefficient (Wildman–Crippen LogP) is 2.78. The zero-order valence-electron chi connectivity index (χ0n) is 15.0. The van der Waals surface area contributed by atoms with Crippen molar-refractivity contribution < 1.29 is 9.59 Å². The summed E-state index contributed by atoms with van der Waals surface area (Å²) in [5.41, 5.74) is 2.73. The molecule has 1 N–H and O–H groups in total. The van der Waals surface area contributed by atoms with Gasteiger partial charge >= 0.3 is 0 Å². The van der Waals surface area contributed by atoms with Gasteiger partial charge in [-0.05, 0) is 30.9 Å². The van der Waals surface area contributed by atoms with Gasteiger partial charge in [0.15, 0.2) is 5.78 Å². The van der Waals surface area contributed by atoms with E-state index >= 15 is 0 Å². The molecule has 1 aliphatic rings. The van der Waals surface area contributed by atoms with E-state index in [4.69, 9.17) is 0 Å². The van der Waals surface area contributed by atoms with Crippen LogP contribution in [0.1, 0.15) is 42.0 Å². The normalized spacial score (nSPS) is 19.6. The Labute approximate surface area is 148 Å². The number of hydrogen-bond donors (Lipinski definition) is 1. The fourth-order valence-corrected chi connectivity index (χ4v) is 3.46. The molecule has 5 nitrogen and oxygen atoms in total. The van der Waals surface area contributed by atoms with Gasteiger partial charge in [0.05, 0.1) is 5.92 Å². The molecule has 1 amide bonds. The molecule has 3 rings (SSSR count). The Bertz CT molecular complexity index is 765. The van der Waals surface area contributed by atoms with E-state index in [1.54, 1.807) is 0 Å². The minimum atomic E-state index is -0.0646. The summed E-state index contributed by atoms with van der Waals surface area (Å²) in [6.07, 6.45) is 1.20. The minimum absolute atomic E-state index is 0.00258. The highest BCUT2D eigenvalue weighted by Gasteiger charge is 2.42. The lowest BCUT2D eigenvalue weighted by Crippen LogP contribution is -2.60. The number of benzene rings is 1. The second kappa shape index (κ2) is 7.21. The third kappa shape index (κ3) is 3.81. The van der Waals surface area contributed by atoms with Gasteiger partial charge in [0.25, 0.3) is 0 Å². The van der Waals surface area contributed by atoms with E-state index in [0.717, 1.165) is 18.7 Å². The van der Waals surface area contributed by atoms with Crippen molar-refractivity contribution in [2.75, 3.05) is 0 Å². The number of amides is 1. The molecule has 1 aromatic heterocycles. The fraction of sp³-hybridized carbons (Fsp3) is 0.450. The number of carbonyl (C=O) groups is 2. The van der Waals surface area contributed by atoms with E-state index in [1.165, 1.54) is 5.56 Å². The standard InChI is InChI=1S/C20H25N3O2/c1-13(2)19-17(21-20(19)25)12-18(24)16-11-14(3)23(22-16)10-9-15-7-5-4-6-8-15/h4-8,11,13,17,19H,9-10,12H2,1-3H3,(H,21,25)/t17-,19-/m1/s1. The van der Waals surface area contributed by atoms with Gasteiger partial charge in [-0.3, -0.25) is 14.3 Å². The molecular weight excluding hydrogens is 314 g/mol. The van der Waals surface area contributed by atoms with Gasteiger partial charge in [-0.25, -0.2) is 0 Å². The third-order valence-electron chi connectivity index (χ3n) is 4.91. The molecule has 1 saturated heterocycles. The molecule has 0 unspecified atom stereocenters. The maximum absolute atomic E-state index is 12.5. The number of β-lactam (4-membered cyclic amide) rings is 1. The lowest BCUT2D eigenvalue weighted by molar-refractivity contribution is -0.137. The van der Waals surface area contributed by atoms with E-state index in [1.807, 2.05) is 49.7 Å². The number of nitrogens with zero attached hydrogens (tertiary/aromatic N) is 2. The van der Waals surface area contributed by atoms with Crippen molar-refractivity contribution in [1.29, 1.82) is 0 Å². The first-order valence-electron chi connectivity index (χ1n) is 8.87. The molecular formula is C20H25N3O2. The summed E-state index contributed by atoms with van der Waals surface area (Å²) in [6.45, 7) is 6.75. The molecule has 2 atom stereocenters. The number of Topliss-reactive ketones (excluding diaryl/α,β-unsaturated/α-hetero) is 1. The lowest BCUT2D eigenvalue weighted by Gasteiger charge is -2.38. The Hall–Kier alpha value is -2.43. The maximum atomic E-state index is 12.5. The fourth-order valence-electron chi connectivity index (χ4n) is 3.46. The SMILES string of the molecule is Cc1cc(C(=O)C[C@H]2NC(=O)[C@@H]2C(C)C)nn1CCc1ccccc1. The number of rotatable bonds is 7. The molecule has 0 radical (unpaired) electrons. The molecule has 0 saturated carbocycles. The molecule has 2 heterocycles. The first-order valence-corrected chi connectivity index (χ1v) is 8.87. The average Bonchev–Trinajstić information content (AvgIpc) is 2.93. The summed E-state index contributed by atoms with van der Waals surface area (Å²) >= 11 is 0. The quantitative estimate of drug-likeness (QED) is 0.623. The van der Waals surface area contributed by atoms with Crippen molar-refractivity contribution in [3.8, 4) is 0 Å². The van der Waals surface area contributed by atoms with E-state index in [-0.39, 0.29) is 29.6 Å². The largest absolute Gasteiger partial charge is 0.352 e. The second-order valence-electron chi connectivity index (χ2n) is 7.14. The molecule has 1 fully saturated rings. The summed E-state index contributed by atoms with van der Waals surface area (Å²) in [5.74, 6) is 0.233. The summed E-state index contributed by atoms with van der Waals surface area (Å²) in [6, 6.07) is 12.0. The molecule has 1 aliphatic heterocycles. The van der Waals surface area contributed by atoms with Crippen LogP contribution < -0.4 is 5.32 Å². The molecule has 1 aromatic carbocycles. The van der Waals surface area contributed by atoms with Crippen molar-refractivity contribution in [3.63, 3.8) is 0 Å². The summed E-state index contributed by atoms with van der Waals surface area (Å²) in [4.78, 5) is 24.2. The minimum Gasteiger partial charge on any atom is -0.352 e. The van der Waals surface area contributed by atoms with E-state index in [2.05, 4.69) is 22.5 Å². The van der Waals surface area contributed by atoms with E-state index in [9.17, 15) is 9.59 Å². The number of ketones is 1. The van der Waals surface area contributed by atoms with Crippen LogP contribution in [0.4, 0.5) is 0 Å². The third-order valence-corrected chi connectivity index (χ3v) is 4.91. The molecule has 0 bridgehead atoms. The van der Waals surface area contributed by atoms with Crippen LogP contribution in [0, 0.1) is 18.8 Å². The van der Waals surface area contributed by atoms with Crippen LogP contribution in [0.3, 0.4) is 0 Å². The van der Waals surface area contributed by atoms with E-state index in [0.29, 0.717) is 12.1 Å². The topological polar surface area (TPSA) is 64.0 Å². The second-order valence-corrected chi connectivity index (χ2v) is 7.14. The number of aryl methyl sites for hydroxylation is 3. The van der Waals surface area contributed by atoms with Crippen molar-refractivity contribution in [2.24, 2.45) is 11.8 Å². The molecule has 25 heavy (non-hydrogen) atoms. The number of hydrogen-bond acceptors (Lipinski definition) is 3. The maximum Gasteiger partial charge on any atom is 0.225 e. The first kappa shape index (κ1) is 17.4. The van der Waals surface area contributed by atoms with Gasteiger partial charge in [-0.2, -0.15) is 5.10 Å². The zero-order valence-corrected chi connectivity index (χ0v) is 15.0. The van der Waals surface area contributed by atoms with Crippen LogP contribution in [-0.4, -0.2) is 27.5 Å². The highest BCUT2D eigenvalue weighted by molar-refractivity contribution is 5.97. The number of carbonyl (C=O) groups excluding carboxylic acids is 2. The van der Waals surface area contributed by atoms with Crippen LogP contribution in [0.25, 0.3) is 0 Å². The van der Waals surface area contributed by atoms with Gasteiger partial charge in [0.1, 0.15) is 5.69 Å². The van der Waals surface area contributed by atoms with Crippen molar-refractivity contribution >= 4 is 11.7 Å².